The minimum atomic E-state index is -0.201. The van der Waals surface area contributed by atoms with Gasteiger partial charge in [0.25, 0.3) is 5.91 Å². The molecule has 2 heterocycles. The Bertz CT molecular complexity index is 700. The van der Waals surface area contributed by atoms with Crippen LogP contribution in [0.5, 0.6) is 0 Å². The molecule has 3 rings (SSSR count). The summed E-state index contributed by atoms with van der Waals surface area (Å²) in [6.07, 6.45) is 5.14. The van der Waals surface area contributed by atoms with E-state index >= 15 is 0 Å². The Morgan fingerprint density at radius 1 is 1.45 bits per heavy atom. The van der Waals surface area contributed by atoms with Crippen LogP contribution >= 0.6 is 0 Å². The van der Waals surface area contributed by atoms with Crippen LogP contribution in [0.1, 0.15) is 21.7 Å². The fraction of sp³-hybridized carbons (Fsp3) is 0.133. The number of amides is 1. The second kappa shape index (κ2) is 5.13. The monoisotopic (exact) mass is 266 g/mol. The molecule has 0 atom stereocenters. The van der Waals surface area contributed by atoms with E-state index in [1.54, 1.807) is 12.4 Å². The molecule has 0 saturated heterocycles. The normalized spacial score (nSPS) is 12.2. The van der Waals surface area contributed by atoms with Crippen LogP contribution in [0.15, 0.2) is 48.2 Å². The first-order valence-electron chi connectivity index (χ1n) is 6.36. The van der Waals surface area contributed by atoms with Crippen molar-refractivity contribution in [2.45, 2.75) is 6.54 Å². The molecule has 0 spiro atoms. The third-order valence-corrected chi connectivity index (χ3v) is 3.16. The number of aliphatic imine (C=N–C) groups is 1. The minimum Gasteiger partial charge on any atom is -0.347 e. The molecule has 1 aliphatic heterocycles. The maximum absolute atomic E-state index is 12.1. The van der Waals surface area contributed by atoms with Crippen molar-refractivity contribution in [2.75, 3.05) is 6.54 Å². The van der Waals surface area contributed by atoms with Gasteiger partial charge in [-0.25, -0.2) is 4.98 Å². The molecule has 100 valence electrons. The number of fused-ring (bicyclic) bond motifs is 3. The van der Waals surface area contributed by atoms with Crippen LogP contribution in [0, 0.1) is 0 Å². The molecule has 0 fully saturated rings. The number of carbonyl (C=O) groups is 1. The van der Waals surface area contributed by atoms with E-state index in [1.165, 1.54) is 0 Å². The minimum absolute atomic E-state index is 0.201. The number of benzene rings is 1. The average Bonchev–Trinajstić information content (AvgIpc) is 2.80. The number of hydrogen-bond acceptors (Lipinski definition) is 3. The number of para-hydroxylation sites is 1. The first-order chi connectivity index (χ1) is 9.81. The van der Waals surface area contributed by atoms with Gasteiger partial charge in [-0.05, 0) is 6.07 Å². The highest BCUT2D eigenvalue weighted by Crippen LogP contribution is 2.21. The summed E-state index contributed by atoms with van der Waals surface area (Å²) >= 11 is 0. The zero-order valence-electron chi connectivity index (χ0n) is 10.9. The Morgan fingerprint density at radius 3 is 3.15 bits per heavy atom. The summed E-state index contributed by atoms with van der Waals surface area (Å²) < 4.78 is 1.92. The SMILES string of the molecule is C=CCNC(=O)c1ncn2c1CN=Cc1ccccc1-2. The van der Waals surface area contributed by atoms with Gasteiger partial charge in [-0.3, -0.25) is 14.4 Å². The second-order valence-corrected chi connectivity index (χ2v) is 4.44. The molecule has 0 bridgehead atoms. The number of nitrogens with one attached hydrogen (secondary N) is 1. The Kier molecular flexibility index (Phi) is 3.16. The van der Waals surface area contributed by atoms with E-state index < -0.39 is 0 Å². The quantitative estimate of drug-likeness (QED) is 0.860. The zero-order valence-corrected chi connectivity index (χ0v) is 10.9. The van der Waals surface area contributed by atoms with Gasteiger partial charge in [-0.1, -0.05) is 24.3 Å². The lowest BCUT2D eigenvalue weighted by Gasteiger charge is -2.08. The van der Waals surface area contributed by atoms with Crippen molar-refractivity contribution in [3.05, 3.63) is 60.2 Å². The van der Waals surface area contributed by atoms with Crippen LogP contribution in [-0.4, -0.2) is 28.2 Å². The summed E-state index contributed by atoms with van der Waals surface area (Å²) in [5, 5.41) is 2.74. The summed E-state index contributed by atoms with van der Waals surface area (Å²) in [4.78, 5) is 20.7. The highest BCUT2D eigenvalue weighted by Gasteiger charge is 2.20. The van der Waals surface area contributed by atoms with Gasteiger partial charge in [0, 0.05) is 18.3 Å². The van der Waals surface area contributed by atoms with Gasteiger partial charge in [0.2, 0.25) is 0 Å². The van der Waals surface area contributed by atoms with Crippen molar-refractivity contribution < 1.29 is 4.79 Å². The van der Waals surface area contributed by atoms with Crippen LogP contribution in [-0.2, 0) is 6.54 Å². The lowest BCUT2D eigenvalue weighted by Crippen LogP contribution is -2.24. The van der Waals surface area contributed by atoms with E-state index in [9.17, 15) is 4.79 Å². The van der Waals surface area contributed by atoms with Gasteiger partial charge in [-0.15, -0.1) is 6.58 Å². The lowest BCUT2D eigenvalue weighted by atomic mass is 10.2. The molecule has 20 heavy (non-hydrogen) atoms. The molecule has 0 unspecified atom stereocenters. The number of rotatable bonds is 3. The van der Waals surface area contributed by atoms with Crippen molar-refractivity contribution in [3.8, 4) is 5.69 Å². The number of hydrogen-bond donors (Lipinski definition) is 1. The summed E-state index contributed by atoms with van der Waals surface area (Å²) in [7, 11) is 0. The van der Waals surface area contributed by atoms with E-state index in [4.69, 9.17) is 0 Å². The van der Waals surface area contributed by atoms with Crippen molar-refractivity contribution in [2.24, 2.45) is 4.99 Å². The van der Waals surface area contributed by atoms with E-state index in [-0.39, 0.29) is 5.91 Å². The van der Waals surface area contributed by atoms with Crippen LogP contribution in [0.3, 0.4) is 0 Å². The van der Waals surface area contributed by atoms with Gasteiger partial charge in [0.1, 0.15) is 6.33 Å². The number of nitrogens with zero attached hydrogens (tertiary/aromatic N) is 3. The maximum Gasteiger partial charge on any atom is 0.272 e. The smallest absolute Gasteiger partial charge is 0.272 e. The van der Waals surface area contributed by atoms with Gasteiger partial charge in [0.05, 0.1) is 17.9 Å². The summed E-state index contributed by atoms with van der Waals surface area (Å²) in [6.45, 7) is 4.44. The van der Waals surface area contributed by atoms with E-state index in [0.29, 0.717) is 18.8 Å². The molecule has 0 aliphatic carbocycles. The Labute approximate surface area is 116 Å². The Balaban J connectivity index is 2.05. The van der Waals surface area contributed by atoms with E-state index in [0.717, 1.165) is 16.9 Å². The van der Waals surface area contributed by atoms with Gasteiger partial charge in [-0.2, -0.15) is 0 Å². The van der Waals surface area contributed by atoms with Crippen molar-refractivity contribution >= 4 is 12.1 Å². The predicted molar refractivity (Wildman–Crippen MR) is 77.4 cm³/mol. The molecular weight excluding hydrogens is 252 g/mol. The molecule has 1 aromatic carbocycles. The standard InChI is InChI=1S/C15H14N4O/c1-2-7-17-15(20)14-13-9-16-8-11-5-3-4-6-12(11)19(13)10-18-14/h2-6,8,10H,1,7,9H2,(H,17,20). The Hall–Kier alpha value is -2.69. The first kappa shape index (κ1) is 12.3. The van der Waals surface area contributed by atoms with E-state index in [1.807, 2.05) is 35.0 Å². The maximum atomic E-state index is 12.1. The molecule has 5 nitrogen and oxygen atoms in total. The number of carbonyl (C=O) groups excluding carboxylic acids is 1. The van der Waals surface area contributed by atoms with Gasteiger partial charge in [0.15, 0.2) is 5.69 Å². The fourth-order valence-corrected chi connectivity index (χ4v) is 2.22. The zero-order chi connectivity index (χ0) is 13.9. The third kappa shape index (κ3) is 2.03. The van der Waals surface area contributed by atoms with Crippen LogP contribution in [0.25, 0.3) is 5.69 Å². The van der Waals surface area contributed by atoms with Gasteiger partial charge < -0.3 is 5.32 Å². The summed E-state index contributed by atoms with van der Waals surface area (Å²) in [6, 6.07) is 7.90. The Morgan fingerprint density at radius 2 is 2.30 bits per heavy atom. The van der Waals surface area contributed by atoms with Crippen molar-refractivity contribution in [3.63, 3.8) is 0 Å². The molecule has 1 amide bonds. The van der Waals surface area contributed by atoms with Crippen molar-refractivity contribution in [1.29, 1.82) is 0 Å². The molecule has 5 heteroatoms. The van der Waals surface area contributed by atoms with Gasteiger partial charge >= 0.3 is 0 Å². The highest BCUT2D eigenvalue weighted by atomic mass is 16.1. The largest absolute Gasteiger partial charge is 0.347 e. The topological polar surface area (TPSA) is 59.3 Å². The number of aromatic nitrogens is 2. The van der Waals surface area contributed by atoms with Crippen LogP contribution < -0.4 is 5.32 Å². The predicted octanol–water partition coefficient (Wildman–Crippen LogP) is 1.72. The van der Waals surface area contributed by atoms with Crippen molar-refractivity contribution in [1.82, 2.24) is 14.9 Å². The molecule has 0 radical (unpaired) electrons. The van der Waals surface area contributed by atoms with Crippen LogP contribution in [0.4, 0.5) is 0 Å². The second-order valence-electron chi connectivity index (χ2n) is 4.44. The summed E-state index contributed by atoms with van der Waals surface area (Å²) in [5.74, 6) is -0.201. The highest BCUT2D eigenvalue weighted by molar-refractivity contribution is 5.94. The molecular formula is C15H14N4O. The fourth-order valence-electron chi connectivity index (χ4n) is 2.22. The molecule has 1 aromatic heterocycles. The summed E-state index contributed by atoms with van der Waals surface area (Å²) in [5.41, 5.74) is 3.22. The third-order valence-electron chi connectivity index (χ3n) is 3.16. The molecule has 0 saturated carbocycles. The average molecular weight is 266 g/mol. The van der Waals surface area contributed by atoms with Crippen LogP contribution in [0.2, 0.25) is 0 Å². The lowest BCUT2D eigenvalue weighted by molar-refractivity contribution is 0.0952. The molecule has 1 aliphatic rings. The molecule has 1 N–H and O–H groups in total. The molecule has 2 aromatic rings. The van der Waals surface area contributed by atoms with E-state index in [2.05, 4.69) is 21.9 Å². The first-order valence-corrected chi connectivity index (χ1v) is 6.36. The number of imidazole rings is 1.